The molecular weight excluding hydrogens is 352 g/mol. The number of benzene rings is 1. The largest absolute Gasteiger partial charge is 0.378 e. The third kappa shape index (κ3) is 3.84. The molecule has 2 N–H and O–H groups in total. The number of aromatic nitrogens is 2. The molecule has 28 heavy (non-hydrogen) atoms. The van der Waals surface area contributed by atoms with E-state index in [4.69, 9.17) is 15.6 Å². The van der Waals surface area contributed by atoms with Gasteiger partial charge in [-0.3, -0.25) is 4.79 Å². The van der Waals surface area contributed by atoms with Crippen LogP contribution in [-0.2, 0) is 17.6 Å². The molecule has 1 amide bonds. The smallest absolute Gasteiger partial charge is 0.274 e. The maximum absolute atomic E-state index is 13.2. The van der Waals surface area contributed by atoms with Crippen LogP contribution in [0.1, 0.15) is 53.0 Å². The Morgan fingerprint density at radius 2 is 1.96 bits per heavy atom. The highest BCUT2D eigenvalue weighted by Crippen LogP contribution is 2.29. The molecule has 2 aliphatic rings. The summed E-state index contributed by atoms with van der Waals surface area (Å²) >= 11 is 0. The number of carbonyl (C=O) groups is 1. The topological polar surface area (TPSA) is 73.4 Å². The standard InChI is InChI=1S/C22H30N4O2/c1-16-6-8-17(9-7-16)26-20-5-2-4-19(20)21(24-26)22(27)25-13-10-18(11-14-25)28-15-3-12-23/h6-9,18H,2-5,10-15,23H2,1H3. The lowest BCUT2D eigenvalue weighted by molar-refractivity contribution is 0.00825. The average Bonchev–Trinajstić information content (AvgIpc) is 3.32. The number of hydrogen-bond donors (Lipinski definition) is 1. The van der Waals surface area contributed by atoms with Crippen LogP contribution in [0.25, 0.3) is 5.69 Å². The van der Waals surface area contributed by atoms with E-state index in [0.717, 1.165) is 62.9 Å². The Balaban J connectivity index is 1.48. The number of amides is 1. The van der Waals surface area contributed by atoms with Crippen molar-refractivity contribution in [2.45, 2.75) is 51.6 Å². The van der Waals surface area contributed by atoms with Gasteiger partial charge in [-0.15, -0.1) is 0 Å². The molecule has 1 aliphatic carbocycles. The summed E-state index contributed by atoms with van der Waals surface area (Å²) in [6.07, 6.45) is 5.93. The number of piperidine rings is 1. The fourth-order valence-electron chi connectivity index (χ4n) is 4.22. The second-order valence-electron chi connectivity index (χ2n) is 7.88. The fourth-order valence-corrected chi connectivity index (χ4v) is 4.22. The van der Waals surface area contributed by atoms with Crippen LogP contribution in [0.3, 0.4) is 0 Å². The Morgan fingerprint density at radius 1 is 1.21 bits per heavy atom. The molecule has 0 unspecified atom stereocenters. The highest BCUT2D eigenvalue weighted by Gasteiger charge is 2.31. The third-order valence-electron chi connectivity index (χ3n) is 5.84. The molecule has 2 heterocycles. The summed E-state index contributed by atoms with van der Waals surface area (Å²) in [6.45, 7) is 4.92. The first-order valence-electron chi connectivity index (χ1n) is 10.5. The van der Waals surface area contributed by atoms with Crippen molar-refractivity contribution in [2.75, 3.05) is 26.2 Å². The van der Waals surface area contributed by atoms with Crippen LogP contribution >= 0.6 is 0 Å². The van der Waals surface area contributed by atoms with Gasteiger partial charge in [0.2, 0.25) is 0 Å². The van der Waals surface area contributed by atoms with Gasteiger partial charge in [-0.05, 0) is 64.1 Å². The molecule has 4 rings (SSSR count). The van der Waals surface area contributed by atoms with E-state index in [1.807, 2.05) is 9.58 Å². The van der Waals surface area contributed by atoms with E-state index in [-0.39, 0.29) is 12.0 Å². The minimum atomic E-state index is 0.0735. The second kappa shape index (κ2) is 8.45. The molecule has 150 valence electrons. The molecule has 1 saturated heterocycles. The van der Waals surface area contributed by atoms with Gasteiger partial charge in [0.05, 0.1) is 11.8 Å². The number of likely N-dealkylation sites (tertiary alicyclic amines) is 1. The lowest BCUT2D eigenvalue weighted by Crippen LogP contribution is -2.41. The van der Waals surface area contributed by atoms with Crippen LogP contribution < -0.4 is 5.73 Å². The third-order valence-corrected chi connectivity index (χ3v) is 5.84. The lowest BCUT2D eigenvalue weighted by atomic mass is 10.1. The zero-order chi connectivity index (χ0) is 19.5. The molecule has 0 atom stereocenters. The lowest BCUT2D eigenvalue weighted by Gasteiger charge is -2.31. The van der Waals surface area contributed by atoms with E-state index < -0.39 is 0 Å². The van der Waals surface area contributed by atoms with Crippen LogP contribution in [0, 0.1) is 6.92 Å². The van der Waals surface area contributed by atoms with Crippen molar-refractivity contribution in [1.29, 1.82) is 0 Å². The predicted octanol–water partition coefficient (Wildman–Crippen LogP) is 2.64. The predicted molar refractivity (Wildman–Crippen MR) is 109 cm³/mol. The monoisotopic (exact) mass is 382 g/mol. The second-order valence-corrected chi connectivity index (χ2v) is 7.88. The summed E-state index contributed by atoms with van der Waals surface area (Å²) in [4.78, 5) is 15.2. The molecule has 0 saturated carbocycles. The molecule has 0 bridgehead atoms. The number of fused-ring (bicyclic) bond motifs is 1. The molecule has 6 heteroatoms. The maximum atomic E-state index is 13.2. The van der Waals surface area contributed by atoms with Gasteiger partial charge in [-0.1, -0.05) is 17.7 Å². The highest BCUT2D eigenvalue weighted by atomic mass is 16.5. The molecule has 0 spiro atoms. The maximum Gasteiger partial charge on any atom is 0.274 e. The Bertz CT molecular complexity index is 820. The minimum absolute atomic E-state index is 0.0735. The number of hydrogen-bond acceptors (Lipinski definition) is 4. The highest BCUT2D eigenvalue weighted by molar-refractivity contribution is 5.94. The summed E-state index contributed by atoms with van der Waals surface area (Å²) in [7, 11) is 0. The molecule has 1 aromatic carbocycles. The Kier molecular flexibility index (Phi) is 5.78. The summed E-state index contributed by atoms with van der Waals surface area (Å²) < 4.78 is 7.85. The number of ether oxygens (including phenoxy) is 1. The van der Waals surface area contributed by atoms with Gasteiger partial charge in [0.25, 0.3) is 5.91 Å². The Labute approximate surface area is 166 Å². The van der Waals surface area contributed by atoms with Gasteiger partial charge >= 0.3 is 0 Å². The minimum Gasteiger partial charge on any atom is -0.378 e. The first kappa shape index (κ1) is 19.2. The number of aryl methyl sites for hydroxylation is 1. The molecule has 0 radical (unpaired) electrons. The van der Waals surface area contributed by atoms with Crippen molar-refractivity contribution >= 4 is 5.91 Å². The summed E-state index contributed by atoms with van der Waals surface area (Å²) in [6, 6.07) is 8.35. The normalized spacial score (nSPS) is 17.1. The van der Waals surface area contributed by atoms with Gasteiger partial charge in [-0.2, -0.15) is 5.10 Å². The average molecular weight is 383 g/mol. The SMILES string of the molecule is Cc1ccc(-n2nc(C(=O)N3CCC(OCCCN)CC3)c3c2CCC3)cc1. The Morgan fingerprint density at radius 3 is 2.68 bits per heavy atom. The van der Waals surface area contributed by atoms with Crippen molar-refractivity contribution in [2.24, 2.45) is 5.73 Å². The van der Waals surface area contributed by atoms with Crippen molar-refractivity contribution in [3.63, 3.8) is 0 Å². The van der Waals surface area contributed by atoms with Gasteiger partial charge in [0.1, 0.15) is 0 Å². The molecular formula is C22H30N4O2. The first-order valence-corrected chi connectivity index (χ1v) is 10.5. The van der Waals surface area contributed by atoms with Crippen molar-refractivity contribution in [1.82, 2.24) is 14.7 Å². The van der Waals surface area contributed by atoms with Gasteiger partial charge in [0, 0.05) is 31.0 Å². The summed E-state index contributed by atoms with van der Waals surface area (Å²) in [5.41, 5.74) is 10.8. The fraction of sp³-hybridized carbons (Fsp3) is 0.545. The van der Waals surface area contributed by atoms with Crippen LogP contribution in [0.4, 0.5) is 0 Å². The van der Waals surface area contributed by atoms with E-state index in [2.05, 4.69) is 31.2 Å². The van der Waals surface area contributed by atoms with E-state index in [9.17, 15) is 4.79 Å². The van der Waals surface area contributed by atoms with E-state index in [1.165, 1.54) is 11.3 Å². The van der Waals surface area contributed by atoms with Gasteiger partial charge in [-0.25, -0.2) is 4.68 Å². The van der Waals surface area contributed by atoms with Crippen LogP contribution in [0.5, 0.6) is 0 Å². The van der Waals surface area contributed by atoms with E-state index >= 15 is 0 Å². The molecule has 1 aliphatic heterocycles. The Hall–Kier alpha value is -2.18. The molecule has 1 aromatic heterocycles. The van der Waals surface area contributed by atoms with Crippen LogP contribution in [-0.4, -0.2) is 52.9 Å². The quantitative estimate of drug-likeness (QED) is 0.780. The van der Waals surface area contributed by atoms with Crippen molar-refractivity contribution < 1.29 is 9.53 Å². The van der Waals surface area contributed by atoms with Crippen molar-refractivity contribution in [3.8, 4) is 5.69 Å². The zero-order valence-electron chi connectivity index (χ0n) is 16.7. The number of nitrogens with zero attached hydrogens (tertiary/aromatic N) is 3. The molecule has 2 aromatic rings. The molecule has 6 nitrogen and oxygen atoms in total. The number of carbonyl (C=O) groups excluding carboxylic acids is 1. The molecule has 1 fully saturated rings. The zero-order valence-corrected chi connectivity index (χ0v) is 16.7. The van der Waals surface area contributed by atoms with Crippen LogP contribution in [0.15, 0.2) is 24.3 Å². The first-order chi connectivity index (χ1) is 13.7. The van der Waals surface area contributed by atoms with Crippen LogP contribution in [0.2, 0.25) is 0 Å². The summed E-state index contributed by atoms with van der Waals surface area (Å²) in [5.74, 6) is 0.0735. The van der Waals surface area contributed by atoms with E-state index in [1.54, 1.807) is 0 Å². The summed E-state index contributed by atoms with van der Waals surface area (Å²) in [5, 5.41) is 4.77. The van der Waals surface area contributed by atoms with E-state index in [0.29, 0.717) is 18.8 Å². The van der Waals surface area contributed by atoms with Gasteiger partial charge in [0.15, 0.2) is 5.69 Å². The van der Waals surface area contributed by atoms with Crippen molar-refractivity contribution in [3.05, 3.63) is 46.8 Å². The van der Waals surface area contributed by atoms with Gasteiger partial charge < -0.3 is 15.4 Å². The number of nitrogens with two attached hydrogens (primary N) is 1. The number of rotatable bonds is 6.